The van der Waals surface area contributed by atoms with Gasteiger partial charge in [0.15, 0.2) is 0 Å². The Morgan fingerprint density at radius 2 is 2.14 bits per heavy atom. The smallest absolute Gasteiger partial charge is 0.115 e. The van der Waals surface area contributed by atoms with Crippen molar-refractivity contribution in [2.45, 2.75) is 19.4 Å². The molecule has 0 radical (unpaired) electrons. The zero-order chi connectivity index (χ0) is 10.2. The third-order valence-electron chi connectivity index (χ3n) is 2.04. The summed E-state index contributed by atoms with van der Waals surface area (Å²) < 4.78 is 0. The van der Waals surface area contributed by atoms with Crippen LogP contribution in [0.3, 0.4) is 0 Å². The molecule has 0 bridgehead atoms. The molecule has 78 valence electrons. The zero-order valence-corrected chi connectivity index (χ0v) is 9.55. The number of rotatable bonds is 6. The standard InChI is InChI=1S/C10H17N3S/c1-3-13-10(4-5-14-2)9-6-11-8-12-7-9/h6-8,10,13H,3-5H2,1-2H3. The Labute approximate surface area is 89.7 Å². The van der Waals surface area contributed by atoms with Crippen molar-refractivity contribution in [2.75, 3.05) is 18.6 Å². The van der Waals surface area contributed by atoms with E-state index in [2.05, 4.69) is 28.5 Å². The highest BCUT2D eigenvalue weighted by Gasteiger charge is 2.09. The fourth-order valence-corrected chi connectivity index (χ4v) is 1.83. The van der Waals surface area contributed by atoms with Gasteiger partial charge in [-0.3, -0.25) is 0 Å². The number of hydrogen-bond acceptors (Lipinski definition) is 4. The lowest BCUT2D eigenvalue weighted by Crippen LogP contribution is -2.21. The first-order valence-corrected chi connectivity index (χ1v) is 6.25. The van der Waals surface area contributed by atoms with Crippen LogP contribution >= 0.6 is 11.8 Å². The molecular weight excluding hydrogens is 194 g/mol. The van der Waals surface area contributed by atoms with Crippen LogP contribution in [0.15, 0.2) is 18.7 Å². The average Bonchev–Trinajstić information content (AvgIpc) is 2.25. The third-order valence-corrected chi connectivity index (χ3v) is 2.69. The molecule has 4 heteroatoms. The molecule has 1 rings (SSSR count). The summed E-state index contributed by atoms with van der Waals surface area (Å²) in [4.78, 5) is 8.08. The van der Waals surface area contributed by atoms with E-state index in [1.165, 1.54) is 5.56 Å². The van der Waals surface area contributed by atoms with Crippen molar-refractivity contribution in [3.05, 3.63) is 24.3 Å². The van der Waals surface area contributed by atoms with Crippen molar-refractivity contribution in [1.29, 1.82) is 0 Å². The normalized spacial score (nSPS) is 12.7. The van der Waals surface area contributed by atoms with Crippen LogP contribution in [0.5, 0.6) is 0 Å². The Bertz CT molecular complexity index is 240. The minimum absolute atomic E-state index is 0.397. The second kappa shape index (κ2) is 6.79. The van der Waals surface area contributed by atoms with E-state index in [4.69, 9.17) is 0 Å². The van der Waals surface area contributed by atoms with E-state index in [9.17, 15) is 0 Å². The number of nitrogens with one attached hydrogen (secondary N) is 1. The van der Waals surface area contributed by atoms with Crippen LogP contribution in [0.1, 0.15) is 24.9 Å². The van der Waals surface area contributed by atoms with Crippen molar-refractivity contribution in [3.63, 3.8) is 0 Å². The lowest BCUT2D eigenvalue weighted by Gasteiger charge is -2.16. The lowest BCUT2D eigenvalue weighted by molar-refractivity contribution is 0.537. The maximum absolute atomic E-state index is 4.04. The maximum atomic E-state index is 4.04. The van der Waals surface area contributed by atoms with Gasteiger partial charge in [-0.1, -0.05) is 6.92 Å². The highest BCUT2D eigenvalue weighted by molar-refractivity contribution is 7.98. The first kappa shape index (κ1) is 11.5. The molecule has 1 aromatic heterocycles. The van der Waals surface area contributed by atoms with E-state index >= 15 is 0 Å². The predicted molar refractivity (Wildman–Crippen MR) is 61.4 cm³/mol. The average molecular weight is 211 g/mol. The van der Waals surface area contributed by atoms with Crippen LogP contribution in [-0.4, -0.2) is 28.5 Å². The molecule has 0 aromatic carbocycles. The molecule has 0 saturated heterocycles. The molecule has 1 atom stereocenters. The summed E-state index contributed by atoms with van der Waals surface area (Å²) in [7, 11) is 0. The summed E-state index contributed by atoms with van der Waals surface area (Å²) in [6, 6.07) is 0.397. The molecule has 0 aliphatic rings. The van der Waals surface area contributed by atoms with Crippen LogP contribution < -0.4 is 5.32 Å². The van der Waals surface area contributed by atoms with E-state index in [-0.39, 0.29) is 0 Å². The Balaban J connectivity index is 2.58. The predicted octanol–water partition coefficient (Wildman–Crippen LogP) is 1.88. The Morgan fingerprint density at radius 1 is 1.43 bits per heavy atom. The largest absolute Gasteiger partial charge is 0.310 e. The number of hydrogen-bond donors (Lipinski definition) is 1. The highest BCUT2D eigenvalue weighted by atomic mass is 32.2. The third kappa shape index (κ3) is 3.64. The molecule has 0 saturated carbocycles. The molecule has 14 heavy (non-hydrogen) atoms. The fraction of sp³-hybridized carbons (Fsp3) is 0.600. The van der Waals surface area contributed by atoms with Crippen molar-refractivity contribution in [3.8, 4) is 0 Å². The minimum Gasteiger partial charge on any atom is -0.310 e. The highest BCUT2D eigenvalue weighted by Crippen LogP contribution is 2.16. The minimum atomic E-state index is 0.397. The van der Waals surface area contributed by atoms with Crippen LogP contribution in [0.4, 0.5) is 0 Å². The molecule has 1 heterocycles. The van der Waals surface area contributed by atoms with Gasteiger partial charge < -0.3 is 5.32 Å². The van der Waals surface area contributed by atoms with E-state index < -0.39 is 0 Å². The second-order valence-electron chi connectivity index (χ2n) is 3.06. The molecule has 3 nitrogen and oxygen atoms in total. The fourth-order valence-electron chi connectivity index (χ4n) is 1.36. The van der Waals surface area contributed by atoms with Gasteiger partial charge in [-0.25, -0.2) is 9.97 Å². The molecule has 0 spiro atoms. The van der Waals surface area contributed by atoms with Crippen molar-refractivity contribution in [2.24, 2.45) is 0 Å². The van der Waals surface area contributed by atoms with E-state index in [1.807, 2.05) is 24.2 Å². The number of thioether (sulfide) groups is 1. The van der Waals surface area contributed by atoms with Crippen molar-refractivity contribution in [1.82, 2.24) is 15.3 Å². The van der Waals surface area contributed by atoms with Gasteiger partial charge in [0.1, 0.15) is 6.33 Å². The Morgan fingerprint density at radius 3 is 2.71 bits per heavy atom. The van der Waals surface area contributed by atoms with Gasteiger partial charge in [0.25, 0.3) is 0 Å². The van der Waals surface area contributed by atoms with Crippen LogP contribution in [0.25, 0.3) is 0 Å². The summed E-state index contributed by atoms with van der Waals surface area (Å²) in [5.41, 5.74) is 1.18. The van der Waals surface area contributed by atoms with E-state index in [0.717, 1.165) is 18.7 Å². The second-order valence-corrected chi connectivity index (χ2v) is 4.05. The molecular formula is C10H17N3S. The number of nitrogens with zero attached hydrogens (tertiary/aromatic N) is 2. The molecule has 0 amide bonds. The van der Waals surface area contributed by atoms with Gasteiger partial charge >= 0.3 is 0 Å². The van der Waals surface area contributed by atoms with Gasteiger partial charge in [-0.15, -0.1) is 0 Å². The van der Waals surface area contributed by atoms with Crippen LogP contribution in [-0.2, 0) is 0 Å². The van der Waals surface area contributed by atoms with Gasteiger partial charge in [0.05, 0.1) is 0 Å². The zero-order valence-electron chi connectivity index (χ0n) is 8.73. The summed E-state index contributed by atoms with van der Waals surface area (Å²) in [6.07, 6.45) is 8.61. The monoisotopic (exact) mass is 211 g/mol. The maximum Gasteiger partial charge on any atom is 0.115 e. The molecule has 0 fully saturated rings. The summed E-state index contributed by atoms with van der Waals surface area (Å²) in [6.45, 7) is 3.10. The quantitative estimate of drug-likeness (QED) is 0.779. The Kier molecular flexibility index (Phi) is 5.56. The first-order chi connectivity index (χ1) is 6.88. The topological polar surface area (TPSA) is 37.8 Å². The first-order valence-electron chi connectivity index (χ1n) is 4.85. The SMILES string of the molecule is CCNC(CCSC)c1cncnc1. The molecule has 0 aliphatic heterocycles. The summed E-state index contributed by atoms with van der Waals surface area (Å²) in [5.74, 6) is 1.16. The van der Waals surface area contributed by atoms with E-state index in [0.29, 0.717) is 6.04 Å². The van der Waals surface area contributed by atoms with Crippen LogP contribution in [0.2, 0.25) is 0 Å². The molecule has 1 unspecified atom stereocenters. The van der Waals surface area contributed by atoms with Crippen molar-refractivity contribution < 1.29 is 0 Å². The van der Waals surface area contributed by atoms with Crippen molar-refractivity contribution >= 4 is 11.8 Å². The number of aromatic nitrogens is 2. The van der Waals surface area contributed by atoms with Gasteiger partial charge in [-0.2, -0.15) is 11.8 Å². The van der Waals surface area contributed by atoms with Gasteiger partial charge in [0, 0.05) is 24.0 Å². The molecule has 1 N–H and O–H groups in total. The van der Waals surface area contributed by atoms with E-state index in [1.54, 1.807) is 6.33 Å². The lowest BCUT2D eigenvalue weighted by atomic mass is 10.1. The van der Waals surface area contributed by atoms with Gasteiger partial charge in [-0.05, 0) is 25.0 Å². The summed E-state index contributed by atoms with van der Waals surface area (Å²) in [5, 5.41) is 3.44. The van der Waals surface area contributed by atoms with Gasteiger partial charge in [0.2, 0.25) is 0 Å². The summed E-state index contributed by atoms with van der Waals surface area (Å²) >= 11 is 1.87. The Hall–Kier alpha value is -0.610. The van der Waals surface area contributed by atoms with Crippen LogP contribution in [0, 0.1) is 0 Å². The molecule has 1 aromatic rings. The molecule has 0 aliphatic carbocycles.